The first-order valence-corrected chi connectivity index (χ1v) is 9.15. The fraction of sp³-hybridized carbons (Fsp3) is 0.286. The fourth-order valence-electron chi connectivity index (χ4n) is 3.31. The maximum atomic E-state index is 12.6. The summed E-state index contributed by atoms with van der Waals surface area (Å²) in [4.78, 5) is 17.2. The molecule has 2 aromatic carbocycles. The van der Waals surface area contributed by atoms with Gasteiger partial charge in [0.1, 0.15) is 11.6 Å². The van der Waals surface area contributed by atoms with Gasteiger partial charge in [-0.3, -0.25) is 9.36 Å². The van der Waals surface area contributed by atoms with Crippen LogP contribution >= 0.6 is 0 Å². The molecule has 0 amide bonds. The number of nitrogens with zero attached hydrogens (tertiary/aromatic N) is 3. The number of rotatable bonds is 6. The quantitative estimate of drug-likeness (QED) is 0.683. The Balaban J connectivity index is 1.34. The molecule has 3 aromatic rings. The molecule has 1 N–H and O–H groups in total. The average Bonchev–Trinajstić information content (AvgIpc) is 3.17. The predicted molar refractivity (Wildman–Crippen MR) is 104 cm³/mol. The number of nitriles is 1. The summed E-state index contributed by atoms with van der Waals surface area (Å²) in [7, 11) is 0. The standard InChI is InChI=1S/C21H20N4O2/c22-14-15-4-7-17(8-5-15)27-12-2-10-23-16-6-9-19-18(13-16)21(26)25-11-1-3-20(25)24-19/h4-9,13,23H,1-3,10-12H2. The molecule has 1 aliphatic heterocycles. The van der Waals surface area contributed by atoms with Crippen LogP contribution in [0.5, 0.6) is 5.75 Å². The van der Waals surface area contributed by atoms with Crippen molar-refractivity contribution in [2.45, 2.75) is 25.8 Å². The van der Waals surface area contributed by atoms with Crippen molar-refractivity contribution in [3.63, 3.8) is 0 Å². The lowest BCUT2D eigenvalue weighted by molar-refractivity contribution is 0.315. The van der Waals surface area contributed by atoms with Gasteiger partial charge in [0, 0.05) is 25.2 Å². The van der Waals surface area contributed by atoms with Crippen LogP contribution in [-0.4, -0.2) is 22.7 Å². The molecule has 4 rings (SSSR count). The van der Waals surface area contributed by atoms with Crippen LogP contribution in [0.4, 0.5) is 5.69 Å². The van der Waals surface area contributed by atoms with Crippen LogP contribution in [0.15, 0.2) is 47.3 Å². The molecule has 136 valence electrons. The van der Waals surface area contributed by atoms with Crippen LogP contribution in [0.25, 0.3) is 10.9 Å². The summed E-state index contributed by atoms with van der Waals surface area (Å²) in [5.74, 6) is 1.65. The number of benzene rings is 2. The van der Waals surface area contributed by atoms with E-state index in [2.05, 4.69) is 16.4 Å². The number of hydrogen-bond donors (Lipinski definition) is 1. The molecule has 1 aromatic heterocycles. The molecule has 0 bridgehead atoms. The monoisotopic (exact) mass is 360 g/mol. The lowest BCUT2D eigenvalue weighted by Gasteiger charge is -2.10. The second-order valence-electron chi connectivity index (χ2n) is 6.59. The van der Waals surface area contributed by atoms with Crippen LogP contribution in [0.1, 0.15) is 24.2 Å². The molecule has 0 saturated heterocycles. The first-order chi connectivity index (χ1) is 13.2. The Morgan fingerprint density at radius 1 is 1.22 bits per heavy atom. The lowest BCUT2D eigenvalue weighted by atomic mass is 10.2. The molecule has 0 saturated carbocycles. The zero-order valence-electron chi connectivity index (χ0n) is 14.9. The van der Waals surface area contributed by atoms with Gasteiger partial charge in [0.15, 0.2) is 0 Å². The Labute approximate surface area is 157 Å². The molecule has 0 aliphatic carbocycles. The maximum Gasteiger partial charge on any atom is 0.261 e. The zero-order chi connectivity index (χ0) is 18.6. The van der Waals surface area contributed by atoms with Gasteiger partial charge in [0.05, 0.1) is 29.1 Å². The van der Waals surface area contributed by atoms with Crippen LogP contribution < -0.4 is 15.6 Å². The van der Waals surface area contributed by atoms with Crippen molar-refractivity contribution in [2.75, 3.05) is 18.5 Å². The molecule has 0 atom stereocenters. The van der Waals surface area contributed by atoms with Crippen molar-refractivity contribution in [2.24, 2.45) is 0 Å². The Morgan fingerprint density at radius 2 is 2.07 bits per heavy atom. The summed E-state index contributed by atoms with van der Waals surface area (Å²) in [6, 6.07) is 14.9. The SMILES string of the molecule is N#Cc1ccc(OCCCNc2ccc3nc4n(c(=O)c3c2)CCC4)cc1. The van der Waals surface area contributed by atoms with Crippen LogP contribution in [0.3, 0.4) is 0 Å². The number of nitrogens with one attached hydrogen (secondary N) is 1. The molecule has 6 nitrogen and oxygen atoms in total. The first-order valence-electron chi connectivity index (χ1n) is 9.15. The van der Waals surface area contributed by atoms with E-state index in [1.54, 1.807) is 28.8 Å². The van der Waals surface area contributed by atoms with Crippen molar-refractivity contribution in [3.8, 4) is 11.8 Å². The molecular formula is C21H20N4O2. The number of anilines is 1. The van der Waals surface area contributed by atoms with Crippen LogP contribution in [-0.2, 0) is 13.0 Å². The molecule has 0 spiro atoms. The number of hydrogen-bond acceptors (Lipinski definition) is 5. The normalized spacial score (nSPS) is 12.6. The number of aromatic nitrogens is 2. The van der Waals surface area contributed by atoms with E-state index in [0.717, 1.165) is 55.1 Å². The van der Waals surface area contributed by atoms with Gasteiger partial charge in [-0.1, -0.05) is 0 Å². The van der Waals surface area contributed by atoms with Crippen molar-refractivity contribution in [1.29, 1.82) is 5.26 Å². The van der Waals surface area contributed by atoms with Gasteiger partial charge < -0.3 is 10.1 Å². The summed E-state index contributed by atoms with van der Waals surface area (Å²) in [6.45, 7) is 2.08. The fourth-order valence-corrected chi connectivity index (χ4v) is 3.31. The van der Waals surface area contributed by atoms with Gasteiger partial charge in [-0.25, -0.2) is 4.98 Å². The van der Waals surface area contributed by atoms with E-state index in [-0.39, 0.29) is 5.56 Å². The van der Waals surface area contributed by atoms with E-state index in [0.29, 0.717) is 17.6 Å². The van der Waals surface area contributed by atoms with E-state index >= 15 is 0 Å². The highest BCUT2D eigenvalue weighted by atomic mass is 16.5. The maximum absolute atomic E-state index is 12.6. The van der Waals surface area contributed by atoms with E-state index in [4.69, 9.17) is 10.00 Å². The predicted octanol–water partition coefficient (Wildman–Crippen LogP) is 3.10. The van der Waals surface area contributed by atoms with E-state index < -0.39 is 0 Å². The molecule has 1 aliphatic rings. The van der Waals surface area contributed by atoms with Crippen molar-refractivity contribution in [3.05, 3.63) is 64.2 Å². The van der Waals surface area contributed by atoms with Gasteiger partial charge in [0.25, 0.3) is 5.56 Å². The van der Waals surface area contributed by atoms with Crippen LogP contribution in [0.2, 0.25) is 0 Å². The largest absolute Gasteiger partial charge is 0.494 e. The minimum Gasteiger partial charge on any atom is -0.494 e. The number of fused-ring (bicyclic) bond motifs is 2. The summed E-state index contributed by atoms with van der Waals surface area (Å²) >= 11 is 0. The zero-order valence-corrected chi connectivity index (χ0v) is 14.9. The Hall–Kier alpha value is -3.33. The highest BCUT2D eigenvalue weighted by Crippen LogP contribution is 2.18. The number of aryl methyl sites for hydroxylation is 1. The Bertz CT molecular complexity index is 1060. The van der Waals surface area contributed by atoms with Gasteiger partial charge in [-0.05, 0) is 55.3 Å². The van der Waals surface area contributed by atoms with Gasteiger partial charge in [-0.2, -0.15) is 5.26 Å². The topological polar surface area (TPSA) is 79.9 Å². The van der Waals surface area contributed by atoms with Crippen molar-refractivity contribution in [1.82, 2.24) is 9.55 Å². The molecule has 2 heterocycles. The molecule has 0 unspecified atom stereocenters. The summed E-state index contributed by atoms with van der Waals surface area (Å²) < 4.78 is 7.46. The van der Waals surface area contributed by atoms with E-state index in [1.165, 1.54) is 0 Å². The van der Waals surface area contributed by atoms with E-state index in [1.807, 2.05) is 18.2 Å². The first kappa shape index (κ1) is 17.1. The third kappa shape index (κ3) is 3.63. The molecule has 6 heteroatoms. The Morgan fingerprint density at radius 3 is 2.89 bits per heavy atom. The van der Waals surface area contributed by atoms with Gasteiger partial charge >= 0.3 is 0 Å². The minimum absolute atomic E-state index is 0.0558. The highest BCUT2D eigenvalue weighted by Gasteiger charge is 2.15. The van der Waals surface area contributed by atoms with E-state index in [9.17, 15) is 4.79 Å². The Kier molecular flexibility index (Phi) is 4.75. The van der Waals surface area contributed by atoms with Crippen molar-refractivity contribution < 1.29 is 4.74 Å². The van der Waals surface area contributed by atoms with Crippen molar-refractivity contribution >= 4 is 16.6 Å². The molecule has 0 radical (unpaired) electrons. The highest BCUT2D eigenvalue weighted by molar-refractivity contribution is 5.81. The lowest BCUT2D eigenvalue weighted by Crippen LogP contribution is -2.21. The summed E-state index contributed by atoms with van der Waals surface area (Å²) in [5.41, 5.74) is 2.36. The average molecular weight is 360 g/mol. The second kappa shape index (κ2) is 7.50. The summed E-state index contributed by atoms with van der Waals surface area (Å²) in [5, 5.41) is 12.8. The van der Waals surface area contributed by atoms with Crippen LogP contribution in [0, 0.1) is 11.3 Å². The van der Waals surface area contributed by atoms with Gasteiger partial charge in [0.2, 0.25) is 0 Å². The second-order valence-corrected chi connectivity index (χ2v) is 6.59. The summed E-state index contributed by atoms with van der Waals surface area (Å²) in [6.07, 6.45) is 2.69. The third-order valence-electron chi connectivity index (χ3n) is 4.72. The third-order valence-corrected chi connectivity index (χ3v) is 4.72. The molecule has 27 heavy (non-hydrogen) atoms. The number of ether oxygens (including phenoxy) is 1. The molecular weight excluding hydrogens is 340 g/mol. The minimum atomic E-state index is 0.0558. The smallest absolute Gasteiger partial charge is 0.261 e. The molecule has 0 fully saturated rings. The van der Waals surface area contributed by atoms with Gasteiger partial charge in [-0.15, -0.1) is 0 Å².